The first kappa shape index (κ1) is 22.8. The van der Waals surface area contributed by atoms with Gasteiger partial charge in [0.15, 0.2) is 0 Å². The van der Waals surface area contributed by atoms with Crippen LogP contribution >= 0.6 is 0 Å². The van der Waals surface area contributed by atoms with E-state index in [2.05, 4.69) is 27.3 Å². The summed E-state index contributed by atoms with van der Waals surface area (Å²) in [6.07, 6.45) is 7.19. The fourth-order valence-corrected chi connectivity index (χ4v) is 4.81. The highest BCUT2D eigenvalue weighted by Crippen LogP contribution is 2.41. The van der Waals surface area contributed by atoms with Gasteiger partial charge >= 0.3 is 5.97 Å². The monoisotopic (exact) mass is 468 g/mol. The molecule has 2 aliphatic rings. The highest BCUT2D eigenvalue weighted by molar-refractivity contribution is 6.38. The first-order chi connectivity index (χ1) is 17.0. The van der Waals surface area contributed by atoms with Gasteiger partial charge in [0.05, 0.1) is 22.5 Å². The van der Waals surface area contributed by atoms with E-state index in [9.17, 15) is 14.7 Å². The number of nitrogens with one attached hydrogen (secondary N) is 1. The van der Waals surface area contributed by atoms with E-state index in [1.54, 1.807) is 36.5 Å². The number of piperidine rings is 1. The van der Waals surface area contributed by atoms with E-state index in [1.807, 2.05) is 24.3 Å². The quantitative estimate of drug-likeness (QED) is 0.509. The van der Waals surface area contributed by atoms with Crippen LogP contribution in [0.25, 0.3) is 11.3 Å². The fourth-order valence-electron chi connectivity index (χ4n) is 4.81. The predicted octanol–water partition coefficient (Wildman–Crippen LogP) is 4.72. The number of nitrogens with zero attached hydrogens (tertiary/aromatic N) is 3. The zero-order valence-corrected chi connectivity index (χ0v) is 19.7. The molecule has 0 bridgehead atoms. The van der Waals surface area contributed by atoms with Crippen molar-refractivity contribution >= 4 is 34.5 Å². The number of pyridine rings is 1. The molecule has 0 aliphatic carbocycles. The Bertz CT molecular complexity index is 1280. The molecule has 0 spiro atoms. The summed E-state index contributed by atoms with van der Waals surface area (Å²) in [4.78, 5) is 33.2. The van der Waals surface area contributed by atoms with Gasteiger partial charge in [-0.15, -0.1) is 0 Å². The molecule has 0 atom stereocenters. The van der Waals surface area contributed by atoms with Crippen molar-refractivity contribution in [2.75, 3.05) is 30.4 Å². The van der Waals surface area contributed by atoms with Gasteiger partial charge in [0.25, 0.3) is 5.91 Å². The second kappa shape index (κ2) is 9.72. The van der Waals surface area contributed by atoms with Gasteiger partial charge in [-0.3, -0.25) is 14.7 Å². The lowest BCUT2D eigenvalue weighted by Gasteiger charge is -2.26. The van der Waals surface area contributed by atoms with Crippen LogP contribution in [-0.4, -0.2) is 47.0 Å². The minimum absolute atomic E-state index is 0.139. The van der Waals surface area contributed by atoms with E-state index in [0.29, 0.717) is 22.5 Å². The highest BCUT2D eigenvalue weighted by atomic mass is 16.4. The number of aromatic carboxylic acids is 1. The second-order valence-corrected chi connectivity index (χ2v) is 9.05. The molecule has 2 aromatic carbocycles. The normalized spacial score (nSPS) is 17.3. The molecule has 1 amide bonds. The van der Waals surface area contributed by atoms with Crippen LogP contribution in [0.4, 0.5) is 11.4 Å². The molecule has 0 saturated carbocycles. The van der Waals surface area contributed by atoms with Crippen molar-refractivity contribution in [2.24, 2.45) is 0 Å². The van der Waals surface area contributed by atoms with Crippen LogP contribution < -0.4 is 10.2 Å². The molecule has 2 N–H and O–H groups in total. The highest BCUT2D eigenvalue weighted by Gasteiger charge is 2.33. The van der Waals surface area contributed by atoms with Gasteiger partial charge in [0, 0.05) is 42.8 Å². The molecule has 0 unspecified atom stereocenters. The van der Waals surface area contributed by atoms with Crippen LogP contribution in [0.1, 0.15) is 46.3 Å². The summed E-state index contributed by atoms with van der Waals surface area (Å²) in [5.74, 6) is -1.22. The minimum atomic E-state index is -1.03. The molecule has 0 radical (unpaired) electrons. The van der Waals surface area contributed by atoms with E-state index < -0.39 is 5.97 Å². The third-order valence-electron chi connectivity index (χ3n) is 6.69. The molecule has 3 aromatic rings. The lowest BCUT2D eigenvalue weighted by Crippen LogP contribution is -2.29. The lowest BCUT2D eigenvalue weighted by atomic mass is 9.99. The molecular formula is C28H28N4O3. The van der Waals surface area contributed by atoms with E-state index in [4.69, 9.17) is 0 Å². The number of benzene rings is 2. The summed E-state index contributed by atoms with van der Waals surface area (Å²) < 4.78 is 0. The number of hydrogen-bond acceptors (Lipinski definition) is 5. The average molecular weight is 469 g/mol. The number of aromatic nitrogens is 1. The first-order valence-electron chi connectivity index (χ1n) is 11.9. The summed E-state index contributed by atoms with van der Waals surface area (Å²) in [5.41, 5.74) is 5.37. The van der Waals surface area contributed by atoms with E-state index >= 15 is 0 Å². The Balaban J connectivity index is 1.53. The van der Waals surface area contributed by atoms with E-state index in [-0.39, 0.29) is 11.5 Å². The topological polar surface area (TPSA) is 85.8 Å². The Morgan fingerprint density at radius 1 is 0.971 bits per heavy atom. The van der Waals surface area contributed by atoms with Crippen molar-refractivity contribution in [3.05, 3.63) is 89.2 Å². The Morgan fingerprint density at radius 3 is 2.37 bits per heavy atom. The number of hydrogen-bond donors (Lipinski definition) is 2. The zero-order chi connectivity index (χ0) is 24.4. The first-order valence-corrected chi connectivity index (χ1v) is 11.9. The third kappa shape index (κ3) is 4.68. The average Bonchev–Trinajstić information content (AvgIpc) is 3.14. The number of likely N-dealkylation sites (N-methyl/N-ethyl adjacent to an activating group) is 1. The maximum Gasteiger partial charge on any atom is 0.335 e. The molecule has 3 heterocycles. The third-order valence-corrected chi connectivity index (χ3v) is 6.69. The molecule has 2 aliphatic heterocycles. The predicted molar refractivity (Wildman–Crippen MR) is 137 cm³/mol. The standard InChI is InChI=1S/C28H28N4O3/c1-31-24-10-7-21(28(34)35)17-23(24)25(27(31)33)26(20-11-13-29-14-12-20)30-22-8-5-19(6-9-22)18-32-15-3-2-4-16-32/h5-14,17,30H,2-4,15-16,18H2,1H3,(H,34,35). The molecule has 1 saturated heterocycles. The largest absolute Gasteiger partial charge is 0.478 e. The number of rotatable bonds is 6. The SMILES string of the molecule is CN1C(=O)C(=C(Nc2ccc(CN3CCCCC3)cc2)c2ccncc2)c2cc(C(=O)O)ccc21. The molecule has 5 rings (SSSR count). The number of fused-ring (bicyclic) bond motifs is 1. The van der Waals surface area contributed by atoms with Crippen LogP contribution in [0.5, 0.6) is 0 Å². The Morgan fingerprint density at radius 2 is 1.69 bits per heavy atom. The van der Waals surface area contributed by atoms with Gasteiger partial charge < -0.3 is 15.3 Å². The number of amides is 1. The molecule has 1 fully saturated rings. The molecular weight excluding hydrogens is 440 g/mol. The fraction of sp³-hybridized carbons (Fsp3) is 0.250. The molecule has 35 heavy (non-hydrogen) atoms. The number of carbonyl (C=O) groups excluding carboxylic acids is 1. The molecule has 7 nitrogen and oxygen atoms in total. The summed E-state index contributed by atoms with van der Waals surface area (Å²) in [6, 6.07) is 16.7. The number of anilines is 2. The number of carbonyl (C=O) groups is 2. The number of carboxylic acids is 1. The summed E-state index contributed by atoms with van der Waals surface area (Å²) >= 11 is 0. The smallest absolute Gasteiger partial charge is 0.335 e. The van der Waals surface area contributed by atoms with Gasteiger partial charge in [0.2, 0.25) is 0 Å². The van der Waals surface area contributed by atoms with E-state index in [0.717, 1.165) is 30.9 Å². The summed E-state index contributed by atoms with van der Waals surface area (Å²) in [6.45, 7) is 3.23. The maximum atomic E-state index is 13.4. The van der Waals surface area contributed by atoms with Crippen molar-refractivity contribution in [1.82, 2.24) is 9.88 Å². The lowest BCUT2D eigenvalue weighted by molar-refractivity contribution is -0.112. The van der Waals surface area contributed by atoms with Crippen LogP contribution in [-0.2, 0) is 11.3 Å². The Hall–Kier alpha value is -3.97. The van der Waals surface area contributed by atoms with Gasteiger partial charge in [-0.05, 0) is 74.0 Å². The summed E-state index contributed by atoms with van der Waals surface area (Å²) in [5, 5.41) is 13.0. The second-order valence-electron chi connectivity index (χ2n) is 9.05. The van der Waals surface area contributed by atoms with Gasteiger partial charge in [0.1, 0.15) is 0 Å². The number of carboxylic acid groups (broad SMARTS) is 1. The van der Waals surface area contributed by atoms with Gasteiger partial charge in [-0.1, -0.05) is 18.6 Å². The van der Waals surface area contributed by atoms with Crippen LogP contribution in [0.2, 0.25) is 0 Å². The number of likely N-dealkylation sites (tertiary alicyclic amines) is 1. The van der Waals surface area contributed by atoms with Crippen molar-refractivity contribution in [1.29, 1.82) is 0 Å². The molecule has 178 valence electrons. The maximum absolute atomic E-state index is 13.4. The molecule has 7 heteroatoms. The van der Waals surface area contributed by atoms with Crippen LogP contribution in [0, 0.1) is 0 Å². The minimum Gasteiger partial charge on any atom is -0.478 e. The Kier molecular flexibility index (Phi) is 6.33. The zero-order valence-electron chi connectivity index (χ0n) is 19.7. The van der Waals surface area contributed by atoms with E-state index in [1.165, 1.54) is 30.9 Å². The Labute approximate surface area is 204 Å². The van der Waals surface area contributed by atoms with Crippen molar-refractivity contribution in [2.45, 2.75) is 25.8 Å². The van der Waals surface area contributed by atoms with Crippen molar-refractivity contribution in [3.8, 4) is 0 Å². The van der Waals surface area contributed by atoms with Gasteiger partial charge in [-0.25, -0.2) is 4.79 Å². The van der Waals surface area contributed by atoms with Crippen molar-refractivity contribution < 1.29 is 14.7 Å². The molecule has 1 aromatic heterocycles. The summed E-state index contributed by atoms with van der Waals surface area (Å²) in [7, 11) is 1.70. The van der Waals surface area contributed by atoms with Gasteiger partial charge in [-0.2, -0.15) is 0 Å². The van der Waals surface area contributed by atoms with Crippen molar-refractivity contribution in [3.63, 3.8) is 0 Å². The van der Waals surface area contributed by atoms with Crippen LogP contribution in [0.15, 0.2) is 67.0 Å². The van der Waals surface area contributed by atoms with Crippen LogP contribution in [0.3, 0.4) is 0 Å².